The van der Waals surface area contributed by atoms with E-state index in [1.165, 1.54) is 28.1 Å². The molecule has 130 valence electrons. The van der Waals surface area contributed by atoms with Crippen molar-refractivity contribution in [3.8, 4) is 0 Å². The van der Waals surface area contributed by atoms with Crippen LogP contribution < -0.4 is 0 Å². The van der Waals surface area contributed by atoms with Crippen LogP contribution in [-0.2, 0) is 19.4 Å². The number of hydrogen-bond donors (Lipinski definition) is 0. The molecule has 0 fully saturated rings. The summed E-state index contributed by atoms with van der Waals surface area (Å²) in [7, 11) is 2.14. The van der Waals surface area contributed by atoms with Gasteiger partial charge in [0.15, 0.2) is 0 Å². The van der Waals surface area contributed by atoms with Gasteiger partial charge in [0.25, 0.3) is 0 Å². The van der Waals surface area contributed by atoms with Crippen LogP contribution in [-0.4, -0.2) is 28.0 Å². The highest BCUT2D eigenvalue weighted by Gasteiger charge is 2.29. The average molecular weight is 337 g/mol. The number of fused-ring (bicyclic) bond motifs is 3. The van der Waals surface area contributed by atoms with Crippen LogP contribution >= 0.6 is 0 Å². The zero-order valence-electron chi connectivity index (χ0n) is 15.1. The molecule has 2 aliphatic rings. The highest BCUT2D eigenvalue weighted by molar-refractivity contribution is 5.76. The molecule has 1 unspecified atom stereocenters. The predicted octanol–water partition coefficient (Wildman–Crippen LogP) is 4.39. The first-order chi connectivity index (χ1) is 12.0. The minimum Gasteiger partial charge on any atom is -0.323 e. The molecule has 3 heterocycles. The number of hydrogen-bond acceptors (Lipinski definition) is 2. The van der Waals surface area contributed by atoms with E-state index in [9.17, 15) is 4.39 Å². The molecule has 25 heavy (non-hydrogen) atoms. The first kappa shape index (κ1) is 16.3. The van der Waals surface area contributed by atoms with Crippen LogP contribution in [0.4, 0.5) is 4.39 Å². The molecule has 1 aliphatic heterocycles. The molecule has 2 aromatic rings. The van der Waals surface area contributed by atoms with Crippen molar-refractivity contribution in [2.45, 2.75) is 33.2 Å². The molecule has 0 saturated heterocycles. The number of likely N-dealkylation sites (N-methyl/N-ethyl adjacent to an activating group) is 1. The normalized spacial score (nSPS) is 20.9. The Labute approximate surface area is 148 Å². The van der Waals surface area contributed by atoms with Crippen LogP contribution in [0.25, 0.3) is 17.8 Å². The molecule has 0 N–H and O–H groups in total. The Morgan fingerprint density at radius 3 is 2.80 bits per heavy atom. The quantitative estimate of drug-likeness (QED) is 0.810. The fourth-order valence-electron chi connectivity index (χ4n) is 3.95. The molecular weight excluding hydrogens is 313 g/mol. The van der Waals surface area contributed by atoms with Crippen molar-refractivity contribution in [1.29, 1.82) is 0 Å². The second-order valence-corrected chi connectivity index (χ2v) is 7.33. The Bertz CT molecular complexity index is 861. The maximum atomic E-state index is 14.3. The van der Waals surface area contributed by atoms with Crippen LogP contribution in [0.3, 0.4) is 0 Å². The molecule has 4 heteroatoms. The molecule has 0 saturated carbocycles. The Morgan fingerprint density at radius 2 is 2.04 bits per heavy atom. The summed E-state index contributed by atoms with van der Waals surface area (Å²) in [5.74, 6) is -0.0366. The van der Waals surface area contributed by atoms with Gasteiger partial charge in [-0.05, 0) is 55.3 Å². The predicted molar refractivity (Wildman–Crippen MR) is 101 cm³/mol. The van der Waals surface area contributed by atoms with Crippen molar-refractivity contribution in [3.05, 3.63) is 58.4 Å². The van der Waals surface area contributed by atoms with Crippen molar-refractivity contribution < 1.29 is 4.39 Å². The Morgan fingerprint density at radius 1 is 1.28 bits per heavy atom. The molecule has 0 aromatic carbocycles. The summed E-state index contributed by atoms with van der Waals surface area (Å²) in [6, 6.07) is 4.06. The third-order valence-corrected chi connectivity index (χ3v) is 5.44. The van der Waals surface area contributed by atoms with Crippen LogP contribution in [0.2, 0.25) is 0 Å². The molecule has 0 radical (unpaired) electrons. The summed E-state index contributed by atoms with van der Waals surface area (Å²) >= 11 is 0. The number of pyridine rings is 1. The van der Waals surface area contributed by atoms with Crippen molar-refractivity contribution >= 4 is 17.8 Å². The van der Waals surface area contributed by atoms with E-state index in [4.69, 9.17) is 0 Å². The minimum atomic E-state index is -0.0463. The average Bonchev–Trinajstić information content (AvgIpc) is 2.89. The van der Waals surface area contributed by atoms with Crippen LogP contribution in [0.5, 0.6) is 0 Å². The van der Waals surface area contributed by atoms with Gasteiger partial charge in [-0.2, -0.15) is 0 Å². The first-order valence-electron chi connectivity index (χ1n) is 8.94. The molecule has 2 aromatic heterocycles. The lowest BCUT2D eigenvalue weighted by Gasteiger charge is -2.24. The molecule has 1 atom stereocenters. The number of halogens is 1. The van der Waals surface area contributed by atoms with Gasteiger partial charge in [0, 0.05) is 61.0 Å². The number of aromatic nitrogens is 2. The summed E-state index contributed by atoms with van der Waals surface area (Å²) in [6.07, 6.45) is 9.40. The van der Waals surface area contributed by atoms with Gasteiger partial charge in [-0.1, -0.05) is 6.92 Å². The topological polar surface area (TPSA) is 21.1 Å². The third kappa shape index (κ3) is 2.85. The molecule has 3 nitrogen and oxygen atoms in total. The van der Waals surface area contributed by atoms with E-state index in [-0.39, 0.29) is 11.7 Å². The van der Waals surface area contributed by atoms with Gasteiger partial charge in [-0.25, -0.2) is 4.39 Å². The minimum absolute atomic E-state index is 0.00973. The standard InChI is InChI=1S/C21H24FN3/c1-14-10-21-17(11-19(14)22)18-13-24(3)9-6-20(18)25(21)12-15(2)16-4-7-23-8-5-16/h4-5,7-8,11-12,14H,6,9-10,13H2,1-3H3. The van der Waals surface area contributed by atoms with E-state index < -0.39 is 0 Å². The van der Waals surface area contributed by atoms with Gasteiger partial charge in [0.2, 0.25) is 0 Å². The summed E-state index contributed by atoms with van der Waals surface area (Å²) < 4.78 is 16.6. The van der Waals surface area contributed by atoms with Gasteiger partial charge < -0.3 is 9.47 Å². The highest BCUT2D eigenvalue weighted by atomic mass is 19.1. The lowest BCUT2D eigenvalue weighted by atomic mass is 9.92. The smallest absolute Gasteiger partial charge is 0.104 e. The molecular formula is C21H24FN3. The summed E-state index contributed by atoms with van der Waals surface area (Å²) in [6.45, 7) is 6.03. The van der Waals surface area contributed by atoms with Crippen molar-refractivity contribution in [1.82, 2.24) is 14.5 Å². The van der Waals surface area contributed by atoms with E-state index in [1.54, 1.807) is 6.08 Å². The van der Waals surface area contributed by atoms with Crippen LogP contribution in [0, 0.1) is 5.92 Å². The Hall–Kier alpha value is -2.20. The molecule has 0 amide bonds. The fraction of sp³-hybridized carbons (Fsp3) is 0.381. The number of nitrogens with zero attached hydrogens (tertiary/aromatic N) is 3. The maximum Gasteiger partial charge on any atom is 0.104 e. The summed E-state index contributed by atoms with van der Waals surface area (Å²) in [4.78, 5) is 6.42. The van der Waals surface area contributed by atoms with Crippen molar-refractivity contribution in [2.75, 3.05) is 13.6 Å². The fourth-order valence-corrected chi connectivity index (χ4v) is 3.95. The van der Waals surface area contributed by atoms with E-state index in [0.717, 1.165) is 31.5 Å². The highest BCUT2D eigenvalue weighted by Crippen LogP contribution is 2.37. The van der Waals surface area contributed by atoms with Gasteiger partial charge in [-0.3, -0.25) is 4.98 Å². The second-order valence-electron chi connectivity index (χ2n) is 7.33. The molecule has 0 spiro atoms. The zero-order valence-corrected chi connectivity index (χ0v) is 15.1. The Kier molecular flexibility index (Phi) is 4.08. The third-order valence-electron chi connectivity index (χ3n) is 5.44. The van der Waals surface area contributed by atoms with Gasteiger partial charge in [0.05, 0.1) is 0 Å². The maximum absolute atomic E-state index is 14.3. The van der Waals surface area contributed by atoms with Crippen molar-refractivity contribution in [2.24, 2.45) is 5.92 Å². The van der Waals surface area contributed by atoms with Crippen LogP contribution in [0.15, 0.2) is 30.4 Å². The lowest BCUT2D eigenvalue weighted by Crippen LogP contribution is -2.27. The SMILES string of the molecule is CC(=Cn1c2c(c3c1CCN(C)C3)C=C(F)C(C)C2)c1ccncc1. The number of rotatable bonds is 2. The largest absolute Gasteiger partial charge is 0.323 e. The molecule has 0 bridgehead atoms. The van der Waals surface area contributed by atoms with E-state index in [2.05, 4.69) is 34.6 Å². The van der Waals surface area contributed by atoms with E-state index in [0.29, 0.717) is 0 Å². The molecule has 4 rings (SSSR count). The number of allylic oxidation sites excluding steroid dienone is 2. The van der Waals surface area contributed by atoms with E-state index in [1.807, 2.05) is 31.5 Å². The monoisotopic (exact) mass is 337 g/mol. The molecule has 1 aliphatic carbocycles. The van der Waals surface area contributed by atoms with E-state index >= 15 is 0 Å². The lowest BCUT2D eigenvalue weighted by molar-refractivity contribution is 0.310. The summed E-state index contributed by atoms with van der Waals surface area (Å²) in [5, 5.41) is 0. The first-order valence-corrected chi connectivity index (χ1v) is 8.94. The van der Waals surface area contributed by atoms with Crippen LogP contribution in [0.1, 0.15) is 41.9 Å². The van der Waals surface area contributed by atoms with Gasteiger partial charge >= 0.3 is 0 Å². The Balaban J connectivity index is 1.87. The van der Waals surface area contributed by atoms with Gasteiger partial charge in [0.1, 0.15) is 5.83 Å². The summed E-state index contributed by atoms with van der Waals surface area (Å²) in [5.41, 5.74) is 7.37. The second kappa shape index (κ2) is 6.26. The van der Waals surface area contributed by atoms with Crippen molar-refractivity contribution in [3.63, 3.8) is 0 Å². The zero-order chi connectivity index (χ0) is 17.6. The van der Waals surface area contributed by atoms with Gasteiger partial charge in [-0.15, -0.1) is 0 Å².